The lowest BCUT2D eigenvalue weighted by molar-refractivity contribution is -0.118. The molecule has 0 aliphatic heterocycles. The van der Waals surface area contributed by atoms with Crippen molar-refractivity contribution in [1.82, 2.24) is 4.72 Å². The Labute approximate surface area is 122 Å². The van der Waals surface area contributed by atoms with Crippen molar-refractivity contribution in [2.45, 2.75) is 24.3 Å². The van der Waals surface area contributed by atoms with Crippen molar-refractivity contribution in [3.8, 4) is 11.8 Å². The summed E-state index contributed by atoms with van der Waals surface area (Å²) in [6.07, 6.45) is -0.151. The molecule has 0 spiro atoms. The Hall–Kier alpha value is -1.95. The summed E-state index contributed by atoms with van der Waals surface area (Å²) in [6, 6.07) is 2.65. The van der Waals surface area contributed by atoms with Crippen LogP contribution in [0, 0.1) is 17.7 Å². The van der Waals surface area contributed by atoms with E-state index in [-0.39, 0.29) is 23.4 Å². The number of sulfonamides is 1. The molecule has 0 radical (unpaired) electrons. The van der Waals surface area contributed by atoms with E-state index in [1.165, 1.54) is 19.1 Å². The lowest BCUT2D eigenvalue weighted by atomic mass is 10.2. The van der Waals surface area contributed by atoms with Gasteiger partial charge < -0.3 is 11.5 Å². The van der Waals surface area contributed by atoms with Crippen LogP contribution >= 0.6 is 0 Å². The van der Waals surface area contributed by atoms with Crippen molar-refractivity contribution in [1.29, 1.82) is 0 Å². The molecule has 1 unspecified atom stereocenters. The van der Waals surface area contributed by atoms with Crippen LogP contribution in [0.2, 0.25) is 0 Å². The summed E-state index contributed by atoms with van der Waals surface area (Å²) in [7, 11) is -3.94. The van der Waals surface area contributed by atoms with Crippen LogP contribution in [-0.2, 0) is 14.8 Å². The summed E-state index contributed by atoms with van der Waals surface area (Å²) in [5.41, 5.74) is 10.2. The molecule has 1 aromatic carbocycles. The van der Waals surface area contributed by atoms with Gasteiger partial charge in [0.1, 0.15) is 5.82 Å². The molecule has 0 saturated heterocycles. The smallest absolute Gasteiger partial charge is 0.240 e. The molecule has 114 valence electrons. The van der Waals surface area contributed by atoms with Crippen LogP contribution in [0.15, 0.2) is 23.1 Å². The Morgan fingerprint density at radius 3 is 2.67 bits per heavy atom. The fraction of sp³-hybridized carbons (Fsp3) is 0.308. The molecule has 0 aliphatic carbocycles. The van der Waals surface area contributed by atoms with E-state index in [2.05, 4.69) is 16.6 Å². The summed E-state index contributed by atoms with van der Waals surface area (Å²) in [5.74, 6) is 3.57. The lowest BCUT2D eigenvalue weighted by Crippen LogP contribution is -2.35. The number of nitrogens with two attached hydrogens (primary N) is 2. The molecule has 1 aromatic rings. The zero-order valence-electron chi connectivity index (χ0n) is 11.4. The first-order valence-electron chi connectivity index (χ1n) is 6.05. The maximum Gasteiger partial charge on any atom is 0.240 e. The Morgan fingerprint density at radius 1 is 1.48 bits per heavy atom. The van der Waals surface area contributed by atoms with E-state index in [4.69, 9.17) is 11.5 Å². The molecule has 0 fully saturated rings. The largest absolute Gasteiger partial charge is 0.370 e. The Balaban J connectivity index is 2.99. The summed E-state index contributed by atoms with van der Waals surface area (Å²) in [5, 5.41) is 0. The third-order valence-corrected chi connectivity index (χ3v) is 4.03. The SMILES string of the molecule is CC(CC(N)=O)NS(=O)(=O)c1ccc(C#CCN)c(F)c1. The normalized spacial score (nSPS) is 12.3. The van der Waals surface area contributed by atoms with Crippen LogP contribution in [0.1, 0.15) is 18.9 Å². The van der Waals surface area contributed by atoms with E-state index in [1.54, 1.807) is 0 Å². The third-order valence-electron chi connectivity index (χ3n) is 2.44. The molecule has 8 heteroatoms. The summed E-state index contributed by atoms with van der Waals surface area (Å²) in [6.45, 7) is 1.56. The number of carbonyl (C=O) groups excluding carboxylic acids is 1. The number of rotatable bonds is 5. The lowest BCUT2D eigenvalue weighted by Gasteiger charge is -2.12. The topological polar surface area (TPSA) is 115 Å². The second-order valence-corrected chi connectivity index (χ2v) is 6.05. The molecule has 0 aliphatic rings. The molecule has 0 aromatic heterocycles. The highest BCUT2D eigenvalue weighted by molar-refractivity contribution is 7.89. The number of halogens is 1. The highest BCUT2D eigenvalue weighted by Gasteiger charge is 2.19. The predicted molar refractivity (Wildman–Crippen MR) is 75.9 cm³/mol. The van der Waals surface area contributed by atoms with Gasteiger partial charge in [0.25, 0.3) is 0 Å². The molecule has 1 atom stereocenters. The second-order valence-electron chi connectivity index (χ2n) is 4.34. The van der Waals surface area contributed by atoms with Crippen LogP contribution in [0.3, 0.4) is 0 Å². The van der Waals surface area contributed by atoms with Crippen molar-refractivity contribution in [2.24, 2.45) is 11.5 Å². The summed E-state index contributed by atoms with van der Waals surface area (Å²) in [4.78, 5) is 10.5. The Morgan fingerprint density at radius 2 is 2.14 bits per heavy atom. The molecule has 1 rings (SSSR count). The minimum atomic E-state index is -3.94. The fourth-order valence-electron chi connectivity index (χ4n) is 1.59. The second kappa shape index (κ2) is 7.17. The van der Waals surface area contributed by atoms with Crippen LogP contribution < -0.4 is 16.2 Å². The molecule has 1 amide bonds. The molecule has 0 bridgehead atoms. The van der Waals surface area contributed by atoms with Crippen molar-refractivity contribution >= 4 is 15.9 Å². The zero-order chi connectivity index (χ0) is 16.0. The highest BCUT2D eigenvalue weighted by Crippen LogP contribution is 2.15. The van der Waals surface area contributed by atoms with Gasteiger partial charge in [-0.2, -0.15) is 0 Å². The van der Waals surface area contributed by atoms with Crippen molar-refractivity contribution in [2.75, 3.05) is 6.54 Å². The van der Waals surface area contributed by atoms with Gasteiger partial charge in [-0.25, -0.2) is 17.5 Å². The van der Waals surface area contributed by atoms with Crippen molar-refractivity contribution < 1.29 is 17.6 Å². The van der Waals surface area contributed by atoms with Crippen LogP contribution in [0.25, 0.3) is 0 Å². The van der Waals surface area contributed by atoms with Gasteiger partial charge in [-0.3, -0.25) is 4.79 Å². The minimum Gasteiger partial charge on any atom is -0.370 e. The maximum absolute atomic E-state index is 13.7. The van der Waals surface area contributed by atoms with Gasteiger partial charge in [0.2, 0.25) is 15.9 Å². The molecule has 0 heterocycles. The number of hydrogen-bond acceptors (Lipinski definition) is 4. The van der Waals surface area contributed by atoms with E-state index >= 15 is 0 Å². The van der Waals surface area contributed by atoms with Gasteiger partial charge >= 0.3 is 0 Å². The average molecular weight is 313 g/mol. The summed E-state index contributed by atoms with van der Waals surface area (Å²) >= 11 is 0. The molecule has 21 heavy (non-hydrogen) atoms. The maximum atomic E-state index is 13.7. The van der Waals surface area contributed by atoms with E-state index in [9.17, 15) is 17.6 Å². The quantitative estimate of drug-likeness (QED) is 0.646. The third kappa shape index (κ3) is 5.15. The van der Waals surface area contributed by atoms with E-state index in [0.717, 1.165) is 6.07 Å². The summed E-state index contributed by atoms with van der Waals surface area (Å²) < 4.78 is 40.0. The number of benzene rings is 1. The molecule has 0 saturated carbocycles. The first-order chi connectivity index (χ1) is 9.76. The number of amides is 1. The number of carbonyl (C=O) groups is 1. The minimum absolute atomic E-state index is 0.0598. The Bertz CT molecular complexity index is 692. The van der Waals surface area contributed by atoms with Crippen LogP contribution in [0.5, 0.6) is 0 Å². The van der Waals surface area contributed by atoms with Crippen molar-refractivity contribution in [3.63, 3.8) is 0 Å². The van der Waals surface area contributed by atoms with Crippen LogP contribution in [0.4, 0.5) is 4.39 Å². The molecule has 6 nitrogen and oxygen atoms in total. The Kier molecular flexibility index (Phi) is 5.84. The van der Waals surface area contributed by atoms with Crippen molar-refractivity contribution in [3.05, 3.63) is 29.6 Å². The van der Waals surface area contributed by atoms with Gasteiger partial charge in [-0.1, -0.05) is 11.8 Å². The average Bonchev–Trinajstić information content (AvgIpc) is 2.35. The monoisotopic (exact) mass is 313 g/mol. The van der Waals surface area contributed by atoms with E-state index in [0.29, 0.717) is 0 Å². The molecular formula is C13H16FN3O3S. The van der Waals surface area contributed by atoms with E-state index in [1.807, 2.05) is 0 Å². The van der Waals surface area contributed by atoms with E-state index < -0.39 is 27.8 Å². The number of hydrogen-bond donors (Lipinski definition) is 3. The first-order valence-corrected chi connectivity index (χ1v) is 7.53. The van der Waals surface area contributed by atoms with Gasteiger partial charge in [-0.05, 0) is 25.1 Å². The van der Waals surface area contributed by atoms with Gasteiger partial charge in [0, 0.05) is 12.5 Å². The molecular weight excluding hydrogens is 297 g/mol. The number of nitrogens with one attached hydrogen (secondary N) is 1. The highest BCUT2D eigenvalue weighted by atomic mass is 32.2. The standard InChI is InChI=1S/C13H16FN3O3S/c1-9(7-13(16)18)17-21(19,20)11-5-4-10(3-2-6-15)12(14)8-11/h4-5,8-9,17H,6-7,15H2,1H3,(H2,16,18). The zero-order valence-corrected chi connectivity index (χ0v) is 12.2. The van der Waals surface area contributed by atoms with Crippen LogP contribution in [-0.4, -0.2) is 26.9 Å². The molecule has 5 N–H and O–H groups in total. The first kappa shape index (κ1) is 17.1. The number of primary amides is 1. The predicted octanol–water partition coefficient (Wildman–Crippen LogP) is -0.322. The van der Waals surface area contributed by atoms with Gasteiger partial charge in [-0.15, -0.1) is 0 Å². The fourth-order valence-corrected chi connectivity index (χ4v) is 2.84. The van der Waals surface area contributed by atoms with Gasteiger partial charge in [0.05, 0.1) is 17.0 Å². The van der Waals surface area contributed by atoms with Gasteiger partial charge in [0.15, 0.2) is 0 Å².